The topological polar surface area (TPSA) is 23.8 Å². The standard InChI is InChI=1S/C12H14N/c1-4-10-5-6-11(9(2)3)7-12(10)8-13/h5-7H,4H2,1-3H3. The molecule has 0 N–H and O–H groups in total. The zero-order chi connectivity index (χ0) is 9.84. The highest BCUT2D eigenvalue weighted by atomic mass is 14.2. The molecular formula is C12H14N. The van der Waals surface area contributed by atoms with Gasteiger partial charge >= 0.3 is 0 Å². The first-order valence-corrected chi connectivity index (χ1v) is 4.52. The fourth-order valence-electron chi connectivity index (χ4n) is 1.30. The van der Waals surface area contributed by atoms with Gasteiger partial charge < -0.3 is 0 Å². The summed E-state index contributed by atoms with van der Waals surface area (Å²) < 4.78 is 0. The van der Waals surface area contributed by atoms with Gasteiger partial charge in [0.25, 0.3) is 0 Å². The second-order valence-electron chi connectivity index (χ2n) is 3.34. The van der Waals surface area contributed by atoms with E-state index in [9.17, 15) is 0 Å². The number of aryl methyl sites for hydroxylation is 1. The molecule has 0 spiro atoms. The normalized spacial score (nSPS) is 10.1. The summed E-state index contributed by atoms with van der Waals surface area (Å²) in [5, 5.41) is 8.90. The first-order valence-electron chi connectivity index (χ1n) is 4.52. The van der Waals surface area contributed by atoms with Crippen LogP contribution in [0.1, 0.15) is 37.5 Å². The molecule has 0 aromatic heterocycles. The fraction of sp³-hybridized carbons (Fsp3) is 0.333. The minimum absolute atomic E-state index is 0.807. The van der Waals surface area contributed by atoms with Crippen molar-refractivity contribution in [3.05, 3.63) is 40.8 Å². The van der Waals surface area contributed by atoms with E-state index < -0.39 is 0 Å². The highest BCUT2D eigenvalue weighted by Gasteiger charge is 2.04. The van der Waals surface area contributed by atoms with Gasteiger partial charge in [-0.3, -0.25) is 0 Å². The van der Waals surface area contributed by atoms with E-state index in [0.717, 1.165) is 23.1 Å². The van der Waals surface area contributed by atoms with Gasteiger partial charge in [0.1, 0.15) is 0 Å². The number of rotatable bonds is 2. The van der Waals surface area contributed by atoms with E-state index in [-0.39, 0.29) is 0 Å². The number of hydrogen-bond donors (Lipinski definition) is 0. The first kappa shape index (κ1) is 9.80. The van der Waals surface area contributed by atoms with E-state index in [4.69, 9.17) is 5.26 Å². The van der Waals surface area contributed by atoms with Crippen LogP contribution in [0.15, 0.2) is 18.2 Å². The lowest BCUT2D eigenvalue weighted by Gasteiger charge is -2.07. The fourth-order valence-corrected chi connectivity index (χ4v) is 1.30. The molecule has 0 aliphatic rings. The van der Waals surface area contributed by atoms with Crippen LogP contribution in [0.3, 0.4) is 0 Å². The van der Waals surface area contributed by atoms with Crippen molar-refractivity contribution in [3.8, 4) is 6.07 Å². The van der Waals surface area contributed by atoms with Gasteiger partial charge in [-0.25, -0.2) is 0 Å². The smallest absolute Gasteiger partial charge is 0.0994 e. The Balaban J connectivity index is 3.15. The summed E-state index contributed by atoms with van der Waals surface area (Å²) in [6, 6.07) is 8.32. The summed E-state index contributed by atoms with van der Waals surface area (Å²) in [6.07, 6.45) is 0.923. The highest BCUT2D eigenvalue weighted by molar-refractivity contribution is 5.44. The van der Waals surface area contributed by atoms with Gasteiger partial charge in [0.2, 0.25) is 0 Å². The lowest BCUT2D eigenvalue weighted by atomic mass is 9.97. The molecule has 1 heteroatoms. The minimum Gasteiger partial charge on any atom is -0.192 e. The first-order chi connectivity index (χ1) is 6.19. The Hall–Kier alpha value is -1.29. The average molecular weight is 172 g/mol. The van der Waals surface area contributed by atoms with Crippen molar-refractivity contribution < 1.29 is 0 Å². The van der Waals surface area contributed by atoms with Crippen LogP contribution in [0.25, 0.3) is 0 Å². The molecule has 0 saturated carbocycles. The maximum Gasteiger partial charge on any atom is 0.0994 e. The third-order valence-corrected chi connectivity index (χ3v) is 2.19. The molecule has 0 saturated heterocycles. The molecule has 13 heavy (non-hydrogen) atoms. The lowest BCUT2D eigenvalue weighted by molar-refractivity contribution is 1.10. The van der Waals surface area contributed by atoms with E-state index >= 15 is 0 Å². The average Bonchev–Trinajstić information content (AvgIpc) is 2.16. The van der Waals surface area contributed by atoms with Crippen molar-refractivity contribution in [2.24, 2.45) is 0 Å². The van der Waals surface area contributed by atoms with E-state index in [2.05, 4.69) is 32.9 Å². The minimum atomic E-state index is 0.807. The Morgan fingerprint density at radius 2 is 2.08 bits per heavy atom. The number of nitriles is 1. The van der Waals surface area contributed by atoms with Crippen molar-refractivity contribution in [2.45, 2.75) is 27.2 Å². The van der Waals surface area contributed by atoms with Gasteiger partial charge in [-0.05, 0) is 29.5 Å². The summed E-state index contributed by atoms with van der Waals surface area (Å²) in [6.45, 7) is 6.18. The SMILES string of the molecule is CCc1ccc([C](C)C)cc1C#N. The number of benzene rings is 1. The van der Waals surface area contributed by atoms with Crippen molar-refractivity contribution in [2.75, 3.05) is 0 Å². The van der Waals surface area contributed by atoms with Gasteiger partial charge in [0.05, 0.1) is 11.6 Å². The van der Waals surface area contributed by atoms with Crippen LogP contribution < -0.4 is 0 Å². The van der Waals surface area contributed by atoms with E-state index in [1.807, 2.05) is 12.1 Å². The van der Waals surface area contributed by atoms with Gasteiger partial charge in [-0.1, -0.05) is 32.9 Å². The molecule has 0 aliphatic carbocycles. The van der Waals surface area contributed by atoms with Gasteiger partial charge in [0.15, 0.2) is 0 Å². The van der Waals surface area contributed by atoms with Gasteiger partial charge in [-0.2, -0.15) is 5.26 Å². The summed E-state index contributed by atoms with van der Waals surface area (Å²) in [4.78, 5) is 0. The molecule has 1 radical (unpaired) electrons. The maximum absolute atomic E-state index is 8.90. The van der Waals surface area contributed by atoms with Crippen LogP contribution in [0.4, 0.5) is 0 Å². The zero-order valence-corrected chi connectivity index (χ0v) is 8.39. The Bertz CT molecular complexity index is 331. The summed E-state index contributed by atoms with van der Waals surface area (Å²) in [7, 11) is 0. The van der Waals surface area contributed by atoms with Crippen molar-refractivity contribution in [1.82, 2.24) is 0 Å². The van der Waals surface area contributed by atoms with Crippen LogP contribution in [-0.4, -0.2) is 0 Å². The summed E-state index contributed by atoms with van der Waals surface area (Å²) in [5.41, 5.74) is 3.10. The Labute approximate surface area is 80.0 Å². The predicted octanol–water partition coefficient (Wildman–Crippen LogP) is 3.08. The molecule has 0 bridgehead atoms. The number of nitrogens with zero attached hydrogens (tertiary/aromatic N) is 1. The highest BCUT2D eigenvalue weighted by Crippen LogP contribution is 2.17. The summed E-state index contributed by atoms with van der Waals surface area (Å²) >= 11 is 0. The zero-order valence-electron chi connectivity index (χ0n) is 8.39. The second-order valence-corrected chi connectivity index (χ2v) is 3.34. The molecule has 0 amide bonds. The quantitative estimate of drug-likeness (QED) is 0.672. The second kappa shape index (κ2) is 4.09. The Morgan fingerprint density at radius 1 is 1.38 bits per heavy atom. The van der Waals surface area contributed by atoms with Crippen LogP contribution in [-0.2, 0) is 6.42 Å². The van der Waals surface area contributed by atoms with Gasteiger partial charge in [0, 0.05) is 0 Å². The molecule has 67 valence electrons. The van der Waals surface area contributed by atoms with E-state index in [1.165, 1.54) is 5.92 Å². The predicted molar refractivity (Wildman–Crippen MR) is 54.2 cm³/mol. The molecular weight excluding hydrogens is 158 g/mol. The molecule has 0 unspecified atom stereocenters. The third kappa shape index (κ3) is 2.09. The molecule has 1 nitrogen and oxygen atoms in total. The molecule has 1 rings (SSSR count). The van der Waals surface area contributed by atoms with Crippen molar-refractivity contribution in [3.63, 3.8) is 0 Å². The van der Waals surface area contributed by atoms with E-state index in [1.54, 1.807) is 0 Å². The number of hydrogen-bond acceptors (Lipinski definition) is 1. The third-order valence-electron chi connectivity index (χ3n) is 2.19. The van der Waals surface area contributed by atoms with Crippen molar-refractivity contribution in [1.29, 1.82) is 5.26 Å². The Kier molecular flexibility index (Phi) is 3.08. The maximum atomic E-state index is 8.90. The largest absolute Gasteiger partial charge is 0.192 e. The molecule has 0 heterocycles. The molecule has 1 aromatic carbocycles. The molecule has 0 fully saturated rings. The summed E-state index contributed by atoms with van der Waals surface area (Å²) in [5.74, 6) is 1.25. The van der Waals surface area contributed by atoms with E-state index in [0.29, 0.717) is 0 Å². The van der Waals surface area contributed by atoms with Crippen LogP contribution in [0, 0.1) is 17.2 Å². The molecule has 0 aliphatic heterocycles. The molecule has 0 atom stereocenters. The monoisotopic (exact) mass is 172 g/mol. The molecule has 1 aromatic rings. The van der Waals surface area contributed by atoms with Gasteiger partial charge in [-0.15, -0.1) is 0 Å². The Morgan fingerprint density at radius 3 is 2.54 bits per heavy atom. The van der Waals surface area contributed by atoms with Crippen LogP contribution in [0.2, 0.25) is 0 Å². The van der Waals surface area contributed by atoms with Crippen LogP contribution >= 0.6 is 0 Å². The lowest BCUT2D eigenvalue weighted by Crippen LogP contribution is -1.93. The van der Waals surface area contributed by atoms with Crippen LogP contribution in [0.5, 0.6) is 0 Å². The van der Waals surface area contributed by atoms with Crippen molar-refractivity contribution >= 4 is 0 Å².